The van der Waals surface area contributed by atoms with Gasteiger partial charge in [0.15, 0.2) is 0 Å². The van der Waals surface area contributed by atoms with Gasteiger partial charge in [-0.05, 0) is 24.6 Å². The summed E-state index contributed by atoms with van der Waals surface area (Å²) in [5.74, 6) is 5.64. The zero-order valence-electron chi connectivity index (χ0n) is 11.4. The van der Waals surface area contributed by atoms with E-state index in [2.05, 4.69) is 26.5 Å². The summed E-state index contributed by atoms with van der Waals surface area (Å²) in [6.45, 7) is 2.07. The first kappa shape index (κ1) is 15.0. The van der Waals surface area contributed by atoms with Crippen molar-refractivity contribution in [1.29, 1.82) is 0 Å². The number of hydrogen-bond acceptors (Lipinski definition) is 5. The second kappa shape index (κ2) is 6.35. The number of aryl methyl sites for hydroxylation is 1. The first-order chi connectivity index (χ1) is 10.0. The topological polar surface area (TPSA) is 98.0 Å². The summed E-state index contributed by atoms with van der Waals surface area (Å²) in [6.07, 6.45) is 4.31. The van der Waals surface area contributed by atoms with Crippen LogP contribution in [0.4, 0.5) is 5.82 Å². The summed E-state index contributed by atoms with van der Waals surface area (Å²) in [5, 5.41) is 0. The number of aromatic nitrogens is 2. The average Bonchev–Trinajstić information content (AvgIpc) is 2.48. The van der Waals surface area contributed by atoms with E-state index in [4.69, 9.17) is 5.73 Å². The Bertz CT molecular complexity index is 790. The summed E-state index contributed by atoms with van der Waals surface area (Å²) in [6, 6.07) is 4.80. The lowest BCUT2D eigenvalue weighted by Gasteiger charge is -2.07. The maximum atomic E-state index is 12.2. The van der Waals surface area contributed by atoms with Crippen LogP contribution in [0.2, 0.25) is 0 Å². The maximum absolute atomic E-state index is 12.2. The molecule has 0 aliphatic rings. The van der Waals surface area contributed by atoms with E-state index in [1.165, 1.54) is 18.5 Å². The molecule has 3 N–H and O–H groups in total. The monoisotopic (exact) mass is 302 g/mol. The van der Waals surface area contributed by atoms with E-state index in [1.807, 2.05) is 6.92 Å². The van der Waals surface area contributed by atoms with Gasteiger partial charge in [-0.1, -0.05) is 17.9 Å². The van der Waals surface area contributed by atoms with Crippen molar-refractivity contribution in [3.63, 3.8) is 0 Å². The summed E-state index contributed by atoms with van der Waals surface area (Å²) in [4.78, 5) is 7.90. The lowest BCUT2D eigenvalue weighted by atomic mass is 10.3. The van der Waals surface area contributed by atoms with Crippen LogP contribution in [-0.2, 0) is 10.0 Å². The molecular formula is C14H14N4O2S. The van der Waals surface area contributed by atoms with Gasteiger partial charge in [-0.25, -0.2) is 13.4 Å². The van der Waals surface area contributed by atoms with Gasteiger partial charge in [-0.2, -0.15) is 0 Å². The molecule has 0 bridgehead atoms. The summed E-state index contributed by atoms with van der Waals surface area (Å²) < 4.78 is 26.9. The smallest absolute Gasteiger partial charge is 0.264 e. The van der Waals surface area contributed by atoms with Crippen LogP contribution in [0.25, 0.3) is 0 Å². The number of hydrogen-bond donors (Lipinski definition) is 2. The van der Waals surface area contributed by atoms with Gasteiger partial charge in [-0.3, -0.25) is 9.71 Å². The number of nitrogens with one attached hydrogen (secondary N) is 1. The van der Waals surface area contributed by atoms with Crippen molar-refractivity contribution in [3.8, 4) is 11.8 Å². The van der Waals surface area contributed by atoms with Crippen LogP contribution >= 0.6 is 0 Å². The van der Waals surface area contributed by atoms with E-state index in [0.717, 1.165) is 5.56 Å². The van der Waals surface area contributed by atoms with Gasteiger partial charge >= 0.3 is 0 Å². The normalized spacial score (nSPS) is 10.6. The van der Waals surface area contributed by atoms with Gasteiger partial charge < -0.3 is 5.73 Å². The van der Waals surface area contributed by atoms with Crippen LogP contribution in [0.1, 0.15) is 11.1 Å². The summed E-state index contributed by atoms with van der Waals surface area (Å²) in [5.41, 5.74) is 6.71. The molecule has 2 heterocycles. The highest BCUT2D eigenvalue weighted by atomic mass is 32.2. The number of sulfonamides is 1. The molecule has 2 rings (SSSR count). The SMILES string of the molecule is Cc1ccc(NS(=O)(=O)c2cncc(C#CCN)c2)nc1. The van der Waals surface area contributed by atoms with Crippen molar-refractivity contribution < 1.29 is 8.42 Å². The fourth-order valence-corrected chi connectivity index (χ4v) is 2.51. The molecule has 21 heavy (non-hydrogen) atoms. The molecule has 2 aromatic rings. The van der Waals surface area contributed by atoms with Crippen molar-refractivity contribution in [2.24, 2.45) is 5.73 Å². The molecule has 7 heteroatoms. The minimum Gasteiger partial charge on any atom is -0.320 e. The van der Waals surface area contributed by atoms with Crippen LogP contribution in [0, 0.1) is 18.8 Å². The third-order valence-electron chi connectivity index (χ3n) is 2.51. The number of pyridine rings is 2. The number of anilines is 1. The van der Waals surface area contributed by atoms with Crippen LogP contribution < -0.4 is 10.5 Å². The van der Waals surface area contributed by atoms with E-state index in [0.29, 0.717) is 5.56 Å². The highest BCUT2D eigenvalue weighted by molar-refractivity contribution is 7.92. The molecule has 0 spiro atoms. The third-order valence-corrected chi connectivity index (χ3v) is 3.83. The Labute approximate surface area is 123 Å². The molecule has 0 aromatic carbocycles. The Balaban J connectivity index is 2.29. The molecular weight excluding hydrogens is 288 g/mol. The number of nitrogens with zero attached hydrogens (tertiary/aromatic N) is 2. The first-order valence-electron chi connectivity index (χ1n) is 6.11. The molecule has 0 aliphatic heterocycles. The molecule has 0 aliphatic carbocycles. The second-order valence-electron chi connectivity index (χ2n) is 4.24. The number of nitrogens with two attached hydrogens (primary N) is 1. The predicted octanol–water partition coefficient (Wildman–Crippen LogP) is 0.896. The Morgan fingerprint density at radius 1 is 1.29 bits per heavy atom. The molecule has 0 fully saturated rings. The fraction of sp³-hybridized carbons (Fsp3) is 0.143. The van der Waals surface area contributed by atoms with Crippen molar-refractivity contribution >= 4 is 15.8 Å². The Hall–Kier alpha value is -2.43. The first-order valence-corrected chi connectivity index (χ1v) is 7.59. The van der Waals surface area contributed by atoms with E-state index >= 15 is 0 Å². The van der Waals surface area contributed by atoms with Crippen LogP contribution in [0.15, 0.2) is 41.7 Å². The van der Waals surface area contributed by atoms with E-state index in [9.17, 15) is 8.42 Å². The van der Waals surface area contributed by atoms with Gasteiger partial charge in [0.2, 0.25) is 0 Å². The van der Waals surface area contributed by atoms with E-state index in [1.54, 1.807) is 18.3 Å². The number of rotatable bonds is 3. The lowest BCUT2D eigenvalue weighted by molar-refractivity contribution is 0.600. The second-order valence-corrected chi connectivity index (χ2v) is 5.92. The van der Waals surface area contributed by atoms with E-state index < -0.39 is 10.0 Å². The zero-order chi connectivity index (χ0) is 15.3. The minimum atomic E-state index is -3.75. The van der Waals surface area contributed by atoms with Gasteiger partial charge in [-0.15, -0.1) is 0 Å². The largest absolute Gasteiger partial charge is 0.320 e. The Morgan fingerprint density at radius 2 is 2.10 bits per heavy atom. The molecule has 6 nitrogen and oxygen atoms in total. The molecule has 0 unspecified atom stereocenters. The van der Waals surface area contributed by atoms with Crippen LogP contribution in [-0.4, -0.2) is 24.9 Å². The standard InChI is InChI=1S/C14H14N4O2S/c1-11-4-5-14(17-8-11)18-21(19,20)13-7-12(3-2-6-15)9-16-10-13/h4-5,7-10H,6,15H2,1H3,(H,17,18). The molecule has 108 valence electrons. The Morgan fingerprint density at radius 3 is 2.76 bits per heavy atom. The third kappa shape index (κ3) is 4.02. The molecule has 2 aromatic heterocycles. The molecule has 0 amide bonds. The zero-order valence-corrected chi connectivity index (χ0v) is 12.2. The molecule has 0 saturated heterocycles. The summed E-state index contributed by atoms with van der Waals surface area (Å²) >= 11 is 0. The summed E-state index contributed by atoms with van der Waals surface area (Å²) in [7, 11) is -3.75. The fourth-order valence-electron chi connectivity index (χ4n) is 1.51. The highest BCUT2D eigenvalue weighted by Gasteiger charge is 2.15. The quantitative estimate of drug-likeness (QED) is 0.821. The van der Waals surface area contributed by atoms with Gasteiger partial charge in [0.25, 0.3) is 10.0 Å². The molecule has 0 saturated carbocycles. The van der Waals surface area contributed by atoms with Crippen LogP contribution in [0.5, 0.6) is 0 Å². The van der Waals surface area contributed by atoms with Gasteiger partial charge in [0, 0.05) is 24.2 Å². The van der Waals surface area contributed by atoms with Crippen molar-refractivity contribution in [2.45, 2.75) is 11.8 Å². The minimum absolute atomic E-state index is 0.0219. The Kier molecular flexibility index (Phi) is 4.52. The van der Waals surface area contributed by atoms with Crippen molar-refractivity contribution in [1.82, 2.24) is 9.97 Å². The van der Waals surface area contributed by atoms with Crippen molar-refractivity contribution in [3.05, 3.63) is 47.9 Å². The average molecular weight is 302 g/mol. The predicted molar refractivity (Wildman–Crippen MR) is 80.0 cm³/mol. The van der Waals surface area contributed by atoms with Gasteiger partial charge in [0.05, 0.1) is 6.54 Å². The van der Waals surface area contributed by atoms with Gasteiger partial charge in [0.1, 0.15) is 10.7 Å². The highest BCUT2D eigenvalue weighted by Crippen LogP contribution is 2.14. The lowest BCUT2D eigenvalue weighted by Crippen LogP contribution is -2.14. The maximum Gasteiger partial charge on any atom is 0.264 e. The van der Waals surface area contributed by atoms with E-state index in [-0.39, 0.29) is 17.3 Å². The van der Waals surface area contributed by atoms with Crippen LogP contribution in [0.3, 0.4) is 0 Å². The van der Waals surface area contributed by atoms with Crippen molar-refractivity contribution in [2.75, 3.05) is 11.3 Å². The molecule has 0 radical (unpaired) electrons. The molecule has 0 atom stereocenters.